The summed E-state index contributed by atoms with van der Waals surface area (Å²) in [4.78, 5) is 23.5. The van der Waals surface area contributed by atoms with Crippen molar-refractivity contribution in [1.82, 2.24) is 5.32 Å². The molecule has 1 aliphatic heterocycles. The molecule has 126 valence electrons. The van der Waals surface area contributed by atoms with Gasteiger partial charge in [0.05, 0.1) is 5.41 Å². The van der Waals surface area contributed by atoms with Crippen LogP contribution in [0.4, 0.5) is 0 Å². The van der Waals surface area contributed by atoms with Gasteiger partial charge < -0.3 is 15.2 Å². The molecule has 23 heavy (non-hydrogen) atoms. The Morgan fingerprint density at radius 3 is 2.48 bits per heavy atom. The number of ether oxygens (including phenoxy) is 1. The molecular formula is C18H25NO4. The molecule has 0 unspecified atom stereocenters. The lowest BCUT2D eigenvalue weighted by Crippen LogP contribution is -2.46. The summed E-state index contributed by atoms with van der Waals surface area (Å²) in [7, 11) is 0. The SMILES string of the molecule is Cc1ccc(CCCC(=O)NCC2(C(=O)O)CCOCC2)cc1. The lowest BCUT2D eigenvalue weighted by Gasteiger charge is -2.33. The van der Waals surface area contributed by atoms with Gasteiger partial charge in [-0.2, -0.15) is 0 Å². The lowest BCUT2D eigenvalue weighted by molar-refractivity contribution is -0.154. The molecule has 0 bridgehead atoms. The monoisotopic (exact) mass is 319 g/mol. The topological polar surface area (TPSA) is 75.6 Å². The first-order chi connectivity index (χ1) is 11.0. The molecular weight excluding hydrogens is 294 g/mol. The van der Waals surface area contributed by atoms with Crippen molar-refractivity contribution in [1.29, 1.82) is 0 Å². The average molecular weight is 319 g/mol. The van der Waals surface area contributed by atoms with E-state index in [9.17, 15) is 14.7 Å². The van der Waals surface area contributed by atoms with Crippen LogP contribution in [0.2, 0.25) is 0 Å². The number of aryl methyl sites for hydroxylation is 2. The number of hydrogen-bond donors (Lipinski definition) is 2. The summed E-state index contributed by atoms with van der Waals surface area (Å²) in [6.45, 7) is 3.12. The van der Waals surface area contributed by atoms with Gasteiger partial charge in [0.25, 0.3) is 0 Å². The molecule has 1 aliphatic rings. The second-order valence-electron chi connectivity index (χ2n) is 6.31. The lowest BCUT2D eigenvalue weighted by atomic mass is 9.80. The van der Waals surface area contributed by atoms with E-state index in [2.05, 4.69) is 29.6 Å². The van der Waals surface area contributed by atoms with Crippen LogP contribution in [0.1, 0.15) is 36.8 Å². The number of nitrogens with one attached hydrogen (secondary N) is 1. The fraction of sp³-hybridized carbons (Fsp3) is 0.556. The molecule has 2 rings (SSSR count). The Morgan fingerprint density at radius 2 is 1.87 bits per heavy atom. The highest BCUT2D eigenvalue weighted by Crippen LogP contribution is 2.30. The summed E-state index contributed by atoms with van der Waals surface area (Å²) in [5.74, 6) is -0.926. The molecule has 1 amide bonds. The van der Waals surface area contributed by atoms with E-state index in [0.29, 0.717) is 32.5 Å². The quantitative estimate of drug-likeness (QED) is 0.809. The Kier molecular flexibility index (Phi) is 6.16. The number of amides is 1. The normalized spacial score (nSPS) is 16.7. The number of aliphatic carboxylic acids is 1. The van der Waals surface area contributed by atoms with Crippen molar-refractivity contribution in [2.24, 2.45) is 5.41 Å². The number of carbonyl (C=O) groups excluding carboxylic acids is 1. The van der Waals surface area contributed by atoms with E-state index in [1.807, 2.05) is 6.92 Å². The van der Waals surface area contributed by atoms with E-state index in [1.54, 1.807) is 0 Å². The van der Waals surface area contributed by atoms with Crippen LogP contribution in [-0.4, -0.2) is 36.7 Å². The number of hydrogen-bond acceptors (Lipinski definition) is 3. The third-order valence-corrected chi connectivity index (χ3v) is 4.52. The minimum atomic E-state index is -0.870. The molecule has 0 aliphatic carbocycles. The van der Waals surface area contributed by atoms with Crippen molar-refractivity contribution < 1.29 is 19.4 Å². The minimum absolute atomic E-state index is 0.0794. The Bertz CT molecular complexity index is 532. The predicted octanol–water partition coefficient (Wildman–Crippen LogP) is 2.32. The summed E-state index contributed by atoms with van der Waals surface area (Å²) in [6, 6.07) is 8.29. The molecule has 5 heteroatoms. The number of carboxylic acid groups (broad SMARTS) is 1. The van der Waals surface area contributed by atoms with Crippen molar-refractivity contribution in [3.8, 4) is 0 Å². The fourth-order valence-corrected chi connectivity index (χ4v) is 2.79. The van der Waals surface area contributed by atoms with E-state index in [0.717, 1.165) is 12.8 Å². The van der Waals surface area contributed by atoms with E-state index in [-0.39, 0.29) is 12.5 Å². The second kappa shape index (κ2) is 8.11. The third kappa shape index (κ3) is 5.06. The van der Waals surface area contributed by atoms with Crippen LogP contribution in [-0.2, 0) is 20.7 Å². The standard InChI is InChI=1S/C18H25NO4/c1-14-5-7-15(8-6-14)3-2-4-16(20)19-13-18(17(21)22)9-11-23-12-10-18/h5-8H,2-4,9-13H2,1H3,(H,19,20)(H,21,22). The van der Waals surface area contributed by atoms with Crippen LogP contribution < -0.4 is 5.32 Å². The fourth-order valence-electron chi connectivity index (χ4n) is 2.79. The molecule has 1 saturated heterocycles. The van der Waals surface area contributed by atoms with E-state index >= 15 is 0 Å². The predicted molar refractivity (Wildman–Crippen MR) is 87.2 cm³/mol. The molecule has 2 N–H and O–H groups in total. The molecule has 0 saturated carbocycles. The minimum Gasteiger partial charge on any atom is -0.481 e. The van der Waals surface area contributed by atoms with Crippen LogP contribution in [0.25, 0.3) is 0 Å². The van der Waals surface area contributed by atoms with Crippen LogP contribution >= 0.6 is 0 Å². The molecule has 0 atom stereocenters. The van der Waals surface area contributed by atoms with Gasteiger partial charge in [-0.1, -0.05) is 29.8 Å². The summed E-state index contributed by atoms with van der Waals surface area (Å²) < 4.78 is 5.23. The van der Waals surface area contributed by atoms with Crippen LogP contribution in [0.15, 0.2) is 24.3 Å². The third-order valence-electron chi connectivity index (χ3n) is 4.52. The zero-order chi connectivity index (χ0) is 16.7. The van der Waals surface area contributed by atoms with Crippen LogP contribution in [0, 0.1) is 12.3 Å². The summed E-state index contributed by atoms with van der Waals surface area (Å²) in [5.41, 5.74) is 1.57. The highest BCUT2D eigenvalue weighted by molar-refractivity contribution is 5.79. The van der Waals surface area contributed by atoms with Gasteiger partial charge >= 0.3 is 5.97 Å². The van der Waals surface area contributed by atoms with Crippen LogP contribution in [0.3, 0.4) is 0 Å². The summed E-state index contributed by atoms with van der Waals surface area (Å²) >= 11 is 0. The molecule has 0 radical (unpaired) electrons. The molecule has 0 spiro atoms. The van der Waals surface area contributed by atoms with Crippen molar-refractivity contribution in [3.63, 3.8) is 0 Å². The highest BCUT2D eigenvalue weighted by Gasteiger charge is 2.40. The van der Waals surface area contributed by atoms with Gasteiger partial charge in [-0.25, -0.2) is 0 Å². The van der Waals surface area contributed by atoms with Gasteiger partial charge in [-0.15, -0.1) is 0 Å². The molecule has 0 aromatic heterocycles. The number of rotatable bonds is 7. The van der Waals surface area contributed by atoms with Gasteiger partial charge in [-0.3, -0.25) is 9.59 Å². The number of carbonyl (C=O) groups is 2. The van der Waals surface area contributed by atoms with E-state index < -0.39 is 11.4 Å². The number of benzene rings is 1. The zero-order valence-electron chi connectivity index (χ0n) is 13.6. The average Bonchev–Trinajstić information content (AvgIpc) is 2.55. The summed E-state index contributed by atoms with van der Waals surface area (Å²) in [6.07, 6.45) is 2.93. The molecule has 1 aromatic rings. The summed E-state index contributed by atoms with van der Waals surface area (Å²) in [5, 5.41) is 12.2. The maximum Gasteiger partial charge on any atom is 0.311 e. The maximum absolute atomic E-state index is 12.0. The van der Waals surface area contributed by atoms with Gasteiger partial charge in [0, 0.05) is 26.2 Å². The van der Waals surface area contributed by atoms with Crippen molar-refractivity contribution in [3.05, 3.63) is 35.4 Å². The Labute approximate surface area is 137 Å². The zero-order valence-corrected chi connectivity index (χ0v) is 13.6. The van der Waals surface area contributed by atoms with Crippen molar-refractivity contribution >= 4 is 11.9 Å². The first-order valence-corrected chi connectivity index (χ1v) is 8.15. The molecule has 1 heterocycles. The smallest absolute Gasteiger partial charge is 0.311 e. The first kappa shape index (κ1) is 17.5. The Hall–Kier alpha value is -1.88. The Balaban J connectivity index is 1.73. The molecule has 1 aromatic carbocycles. The highest BCUT2D eigenvalue weighted by atomic mass is 16.5. The number of carboxylic acids is 1. The van der Waals surface area contributed by atoms with Crippen molar-refractivity contribution in [2.45, 2.75) is 39.0 Å². The van der Waals surface area contributed by atoms with Crippen LogP contribution in [0.5, 0.6) is 0 Å². The van der Waals surface area contributed by atoms with Gasteiger partial charge in [0.15, 0.2) is 0 Å². The van der Waals surface area contributed by atoms with Crippen molar-refractivity contribution in [2.75, 3.05) is 19.8 Å². The van der Waals surface area contributed by atoms with Gasteiger partial charge in [0.2, 0.25) is 5.91 Å². The first-order valence-electron chi connectivity index (χ1n) is 8.15. The molecule has 1 fully saturated rings. The van der Waals surface area contributed by atoms with E-state index in [4.69, 9.17) is 4.74 Å². The second-order valence-corrected chi connectivity index (χ2v) is 6.31. The molecule has 5 nitrogen and oxygen atoms in total. The Morgan fingerprint density at radius 1 is 1.22 bits per heavy atom. The van der Waals surface area contributed by atoms with E-state index in [1.165, 1.54) is 11.1 Å². The maximum atomic E-state index is 12.0. The van der Waals surface area contributed by atoms with Gasteiger partial charge in [0.1, 0.15) is 0 Å². The largest absolute Gasteiger partial charge is 0.481 e. The van der Waals surface area contributed by atoms with Gasteiger partial charge in [-0.05, 0) is 38.2 Å².